The van der Waals surface area contributed by atoms with Gasteiger partial charge in [0, 0.05) is 6.54 Å². The second-order valence-electron chi connectivity index (χ2n) is 7.95. The lowest BCUT2D eigenvalue weighted by Crippen LogP contribution is -2.35. The fourth-order valence-electron chi connectivity index (χ4n) is 2.65. The molecule has 2 N–H and O–H groups in total. The highest BCUT2D eigenvalue weighted by Crippen LogP contribution is 2.16. The van der Waals surface area contributed by atoms with E-state index in [0.717, 1.165) is 11.1 Å². The van der Waals surface area contributed by atoms with Crippen molar-refractivity contribution in [3.05, 3.63) is 65.5 Å². The third kappa shape index (κ3) is 8.21. The standard InChI is InChI=1S/C23H28FNO5/c1-23(2,3)30-21(27)12-18(14-26)22(28)25-13-16-7-9-20(10-8-16)29-15-17-5-4-6-19(24)11-17/h4-11,18,26H,12-15H2,1-3H3,(H,25,28)/t18-/m1/s1. The average molecular weight is 417 g/mol. The summed E-state index contributed by atoms with van der Waals surface area (Å²) in [6.07, 6.45) is -0.188. The molecule has 0 saturated carbocycles. The van der Waals surface area contributed by atoms with Crippen LogP contribution in [0.4, 0.5) is 4.39 Å². The number of aliphatic hydroxyl groups excluding tert-OH is 1. The molecule has 162 valence electrons. The third-order valence-corrected chi connectivity index (χ3v) is 4.11. The van der Waals surface area contributed by atoms with Gasteiger partial charge in [-0.3, -0.25) is 9.59 Å². The molecule has 30 heavy (non-hydrogen) atoms. The Hall–Kier alpha value is -2.93. The van der Waals surface area contributed by atoms with Gasteiger partial charge in [-0.05, 0) is 56.2 Å². The van der Waals surface area contributed by atoms with Gasteiger partial charge in [-0.1, -0.05) is 24.3 Å². The smallest absolute Gasteiger partial charge is 0.307 e. The molecule has 0 fully saturated rings. The predicted octanol–water partition coefficient (Wildman–Crippen LogP) is 3.36. The summed E-state index contributed by atoms with van der Waals surface area (Å²) in [5, 5.41) is 12.2. The first-order valence-corrected chi connectivity index (χ1v) is 9.73. The number of hydrogen-bond acceptors (Lipinski definition) is 5. The molecule has 1 atom stereocenters. The van der Waals surface area contributed by atoms with Gasteiger partial charge in [-0.25, -0.2) is 4.39 Å². The van der Waals surface area contributed by atoms with Crippen molar-refractivity contribution in [2.45, 2.75) is 45.9 Å². The lowest BCUT2D eigenvalue weighted by atomic mass is 10.1. The van der Waals surface area contributed by atoms with Crippen molar-refractivity contribution in [3.8, 4) is 5.75 Å². The highest BCUT2D eigenvalue weighted by atomic mass is 19.1. The van der Waals surface area contributed by atoms with Crippen LogP contribution in [0.5, 0.6) is 5.75 Å². The van der Waals surface area contributed by atoms with Gasteiger partial charge in [-0.2, -0.15) is 0 Å². The van der Waals surface area contributed by atoms with Gasteiger partial charge in [-0.15, -0.1) is 0 Å². The van der Waals surface area contributed by atoms with Crippen LogP contribution in [0.1, 0.15) is 38.3 Å². The van der Waals surface area contributed by atoms with Crippen LogP contribution < -0.4 is 10.1 Å². The Balaban J connectivity index is 1.81. The Kier molecular flexibility index (Phi) is 8.35. The Bertz CT molecular complexity index is 845. The average Bonchev–Trinajstić information content (AvgIpc) is 2.68. The summed E-state index contributed by atoms with van der Waals surface area (Å²) in [6, 6.07) is 13.3. The van der Waals surface area contributed by atoms with Gasteiger partial charge in [0.25, 0.3) is 0 Å². The highest BCUT2D eigenvalue weighted by Gasteiger charge is 2.24. The quantitative estimate of drug-likeness (QED) is 0.611. The minimum Gasteiger partial charge on any atom is -0.489 e. The Morgan fingerprint density at radius 3 is 2.40 bits per heavy atom. The first kappa shape index (κ1) is 23.3. The predicted molar refractivity (Wildman–Crippen MR) is 110 cm³/mol. The SMILES string of the molecule is CC(C)(C)OC(=O)C[C@H](CO)C(=O)NCc1ccc(OCc2cccc(F)c2)cc1. The maximum atomic E-state index is 13.2. The maximum Gasteiger partial charge on any atom is 0.307 e. The second-order valence-corrected chi connectivity index (χ2v) is 7.95. The molecule has 0 radical (unpaired) electrons. The second kappa shape index (κ2) is 10.7. The normalized spacial score (nSPS) is 12.2. The Labute approximate surface area is 176 Å². The number of ether oxygens (including phenoxy) is 2. The van der Waals surface area contributed by atoms with E-state index in [1.165, 1.54) is 12.1 Å². The van der Waals surface area contributed by atoms with Crippen LogP contribution >= 0.6 is 0 Å². The Morgan fingerprint density at radius 1 is 1.10 bits per heavy atom. The zero-order chi connectivity index (χ0) is 22.1. The van der Waals surface area contributed by atoms with Gasteiger partial charge in [0.2, 0.25) is 5.91 Å². The summed E-state index contributed by atoms with van der Waals surface area (Å²) < 4.78 is 24.0. The van der Waals surface area contributed by atoms with E-state index in [9.17, 15) is 19.1 Å². The molecule has 0 spiro atoms. The molecule has 0 bridgehead atoms. The number of esters is 1. The van der Waals surface area contributed by atoms with E-state index >= 15 is 0 Å². The number of halogens is 1. The molecule has 1 amide bonds. The van der Waals surface area contributed by atoms with Crippen LogP contribution in [0.25, 0.3) is 0 Å². The highest BCUT2D eigenvalue weighted by molar-refractivity contribution is 5.83. The van der Waals surface area contributed by atoms with E-state index in [4.69, 9.17) is 9.47 Å². The number of amides is 1. The van der Waals surface area contributed by atoms with Gasteiger partial charge >= 0.3 is 5.97 Å². The first-order valence-electron chi connectivity index (χ1n) is 9.73. The van der Waals surface area contributed by atoms with Gasteiger partial charge in [0.05, 0.1) is 18.9 Å². The van der Waals surface area contributed by atoms with Crippen molar-refractivity contribution in [1.29, 1.82) is 0 Å². The molecular formula is C23H28FNO5. The van der Waals surface area contributed by atoms with Crippen LogP contribution in [-0.2, 0) is 27.5 Å². The lowest BCUT2D eigenvalue weighted by molar-refractivity contribution is -0.157. The van der Waals surface area contributed by atoms with Gasteiger partial charge in [0.1, 0.15) is 23.8 Å². The van der Waals surface area contributed by atoms with Gasteiger partial charge < -0.3 is 19.9 Å². The largest absolute Gasteiger partial charge is 0.489 e. The number of benzene rings is 2. The molecule has 6 nitrogen and oxygen atoms in total. The van der Waals surface area contributed by atoms with E-state index < -0.39 is 30.0 Å². The number of carbonyl (C=O) groups is 2. The van der Waals surface area contributed by atoms with Crippen LogP contribution in [0.2, 0.25) is 0 Å². The van der Waals surface area contributed by atoms with E-state index in [2.05, 4.69) is 5.32 Å². The molecule has 2 rings (SSSR count). The van der Waals surface area contributed by atoms with Crippen molar-refractivity contribution in [2.75, 3.05) is 6.61 Å². The molecule has 0 aliphatic rings. The number of rotatable bonds is 9. The number of aliphatic hydroxyl groups is 1. The Morgan fingerprint density at radius 2 is 1.80 bits per heavy atom. The fourth-order valence-corrected chi connectivity index (χ4v) is 2.65. The summed E-state index contributed by atoms with van der Waals surface area (Å²) in [5.74, 6) is -1.51. The lowest BCUT2D eigenvalue weighted by Gasteiger charge is -2.21. The number of hydrogen-bond donors (Lipinski definition) is 2. The number of nitrogens with one attached hydrogen (secondary N) is 1. The van der Waals surface area contributed by atoms with Crippen molar-refractivity contribution < 1.29 is 28.6 Å². The minimum atomic E-state index is -0.867. The maximum absolute atomic E-state index is 13.2. The summed E-state index contributed by atoms with van der Waals surface area (Å²) in [5.41, 5.74) is 0.910. The van der Waals surface area contributed by atoms with Crippen molar-refractivity contribution in [1.82, 2.24) is 5.32 Å². The molecule has 0 aliphatic carbocycles. The molecule has 0 saturated heterocycles. The molecule has 0 heterocycles. The van der Waals surface area contributed by atoms with Crippen LogP contribution in [-0.4, -0.2) is 29.2 Å². The topological polar surface area (TPSA) is 84.9 Å². The molecule has 0 aliphatic heterocycles. The summed E-state index contributed by atoms with van der Waals surface area (Å²) >= 11 is 0. The van der Waals surface area contributed by atoms with Crippen LogP contribution in [0.3, 0.4) is 0 Å². The van der Waals surface area contributed by atoms with Crippen LogP contribution in [0.15, 0.2) is 48.5 Å². The number of carbonyl (C=O) groups excluding carboxylic acids is 2. The van der Waals surface area contributed by atoms with Crippen molar-refractivity contribution in [2.24, 2.45) is 5.92 Å². The molecular weight excluding hydrogens is 389 g/mol. The van der Waals surface area contributed by atoms with Crippen molar-refractivity contribution >= 4 is 11.9 Å². The van der Waals surface area contributed by atoms with E-state index in [0.29, 0.717) is 5.75 Å². The van der Waals surface area contributed by atoms with E-state index in [1.807, 2.05) is 0 Å². The molecule has 0 unspecified atom stereocenters. The van der Waals surface area contributed by atoms with Crippen LogP contribution in [0, 0.1) is 11.7 Å². The molecule has 7 heteroatoms. The molecule has 2 aromatic rings. The third-order valence-electron chi connectivity index (χ3n) is 4.11. The molecule has 0 aromatic heterocycles. The van der Waals surface area contributed by atoms with E-state index in [1.54, 1.807) is 57.2 Å². The monoisotopic (exact) mass is 417 g/mol. The minimum absolute atomic E-state index is 0.188. The van der Waals surface area contributed by atoms with E-state index in [-0.39, 0.29) is 25.4 Å². The zero-order valence-electron chi connectivity index (χ0n) is 17.5. The van der Waals surface area contributed by atoms with Crippen molar-refractivity contribution in [3.63, 3.8) is 0 Å². The summed E-state index contributed by atoms with van der Waals surface area (Å²) in [7, 11) is 0. The fraction of sp³-hybridized carbons (Fsp3) is 0.391. The summed E-state index contributed by atoms with van der Waals surface area (Å²) in [4.78, 5) is 24.1. The zero-order valence-corrected chi connectivity index (χ0v) is 17.5. The summed E-state index contributed by atoms with van der Waals surface area (Å²) in [6.45, 7) is 5.27. The molecule has 2 aromatic carbocycles. The first-order chi connectivity index (χ1) is 14.2. The van der Waals surface area contributed by atoms with Gasteiger partial charge in [0.15, 0.2) is 0 Å².